The second-order valence-electron chi connectivity index (χ2n) is 4.79. The van der Waals surface area contributed by atoms with E-state index in [1.165, 1.54) is 31.4 Å². The molecule has 0 saturated heterocycles. The van der Waals surface area contributed by atoms with Gasteiger partial charge in [-0.05, 0) is 29.1 Å². The van der Waals surface area contributed by atoms with Crippen LogP contribution in [0.3, 0.4) is 0 Å². The minimum Gasteiger partial charge on any atom is -0.597 e. The molecule has 2 rings (SSSR count). The maximum absolute atomic E-state index is 12.4. The lowest BCUT2D eigenvalue weighted by Gasteiger charge is -2.13. The third-order valence-corrected chi connectivity index (χ3v) is 4.33. The normalized spacial score (nSPS) is 11.6. The monoisotopic (exact) mass is 364 g/mol. The summed E-state index contributed by atoms with van der Waals surface area (Å²) in [5, 5.41) is 16.7. The van der Waals surface area contributed by atoms with Crippen LogP contribution in [0, 0.1) is 5.21 Å². The number of amides is 1. The van der Waals surface area contributed by atoms with Gasteiger partial charge in [-0.3, -0.25) is 9.52 Å². The Morgan fingerprint density at radius 1 is 1.12 bits per heavy atom. The molecule has 132 valence electrons. The standard InChI is InChI=1S/C15H16N4O5S/c1-24-18-19(21)11-15(20)16-13-9-5-6-10-14(13)17-25(22,23)12-7-3-2-4-8-12/h2-10,17H,11H2,1H3,(H,16,20)/b19-18-. The third-order valence-electron chi connectivity index (χ3n) is 2.95. The van der Waals surface area contributed by atoms with Crippen LogP contribution in [-0.4, -0.2) is 32.8 Å². The van der Waals surface area contributed by atoms with Gasteiger partial charge in [0, 0.05) is 0 Å². The number of sulfonamides is 1. The van der Waals surface area contributed by atoms with E-state index in [0.717, 1.165) is 0 Å². The number of hydrogen-bond acceptors (Lipinski definition) is 6. The Hall–Kier alpha value is -3.14. The van der Waals surface area contributed by atoms with Crippen molar-refractivity contribution >= 4 is 27.3 Å². The number of benzene rings is 2. The number of hydroxylamine groups is 1. The van der Waals surface area contributed by atoms with Gasteiger partial charge in [0.15, 0.2) is 5.28 Å². The van der Waals surface area contributed by atoms with Crippen molar-refractivity contribution in [2.45, 2.75) is 4.90 Å². The molecule has 10 heteroatoms. The van der Waals surface area contributed by atoms with Crippen molar-refractivity contribution in [1.82, 2.24) is 0 Å². The van der Waals surface area contributed by atoms with E-state index < -0.39 is 22.5 Å². The van der Waals surface area contributed by atoms with Crippen LogP contribution in [-0.2, 0) is 19.7 Å². The smallest absolute Gasteiger partial charge is 0.294 e. The molecule has 2 aromatic carbocycles. The van der Waals surface area contributed by atoms with Crippen LogP contribution in [0.25, 0.3) is 0 Å². The van der Waals surface area contributed by atoms with Crippen LogP contribution in [0.15, 0.2) is 64.8 Å². The first-order valence-corrected chi connectivity index (χ1v) is 8.56. The highest BCUT2D eigenvalue weighted by Gasteiger charge is 2.17. The molecule has 25 heavy (non-hydrogen) atoms. The number of anilines is 2. The number of rotatable bonds is 7. The molecule has 2 aromatic rings. The summed E-state index contributed by atoms with van der Waals surface area (Å²) in [5.41, 5.74) is 0.374. The molecule has 0 spiro atoms. The second kappa shape index (κ2) is 8.11. The van der Waals surface area contributed by atoms with Gasteiger partial charge in [0.1, 0.15) is 7.11 Å². The Morgan fingerprint density at radius 2 is 1.72 bits per heavy atom. The molecule has 1 amide bonds. The molecule has 0 aromatic heterocycles. The summed E-state index contributed by atoms with van der Waals surface area (Å²) in [6.45, 7) is -0.604. The number of para-hydroxylation sites is 2. The SMILES string of the molecule is CO/N=[N+](\[O-])CC(=O)Nc1ccccc1NS(=O)(=O)c1ccccc1. The number of hydrogen-bond donors (Lipinski definition) is 2. The lowest BCUT2D eigenvalue weighted by molar-refractivity contribution is -0.546. The van der Waals surface area contributed by atoms with Crippen molar-refractivity contribution in [3.63, 3.8) is 0 Å². The zero-order valence-corrected chi connectivity index (χ0v) is 14.1. The Morgan fingerprint density at radius 3 is 2.36 bits per heavy atom. The first-order chi connectivity index (χ1) is 11.9. The van der Waals surface area contributed by atoms with Gasteiger partial charge < -0.3 is 15.4 Å². The molecule has 2 N–H and O–H groups in total. The molecule has 9 nitrogen and oxygen atoms in total. The lowest BCUT2D eigenvalue weighted by Crippen LogP contribution is -2.23. The van der Waals surface area contributed by atoms with Crippen molar-refractivity contribution in [3.05, 3.63) is 59.8 Å². The van der Waals surface area contributed by atoms with Crippen LogP contribution >= 0.6 is 0 Å². The summed E-state index contributed by atoms with van der Waals surface area (Å²) in [5.74, 6) is -0.679. The summed E-state index contributed by atoms with van der Waals surface area (Å²) in [4.78, 5) is 16.2. The Labute approximate surface area is 144 Å². The van der Waals surface area contributed by atoms with Gasteiger partial charge in [-0.1, -0.05) is 30.3 Å². The Balaban J connectivity index is 2.18. The van der Waals surface area contributed by atoms with E-state index in [-0.39, 0.29) is 21.1 Å². The van der Waals surface area contributed by atoms with Gasteiger partial charge in [0.05, 0.1) is 16.3 Å². The fraction of sp³-hybridized carbons (Fsp3) is 0.133. The number of carbonyl (C=O) groups is 1. The van der Waals surface area contributed by atoms with Gasteiger partial charge in [-0.15, -0.1) is 0 Å². The molecule has 0 aliphatic rings. The first-order valence-electron chi connectivity index (χ1n) is 7.08. The Bertz CT molecular complexity index is 869. The van der Waals surface area contributed by atoms with E-state index in [1.54, 1.807) is 30.3 Å². The van der Waals surface area contributed by atoms with E-state index in [1.807, 2.05) is 0 Å². The third kappa shape index (κ3) is 5.18. The topological polar surface area (TPSA) is 123 Å². The molecule has 0 heterocycles. The molecule has 0 atom stereocenters. The summed E-state index contributed by atoms with van der Waals surface area (Å²) < 4.78 is 27.2. The molecule has 0 fully saturated rings. The fourth-order valence-electron chi connectivity index (χ4n) is 1.92. The predicted molar refractivity (Wildman–Crippen MR) is 90.3 cm³/mol. The molecular formula is C15H16N4O5S. The maximum atomic E-state index is 12.4. The van der Waals surface area contributed by atoms with Crippen LogP contribution in [0.5, 0.6) is 0 Å². The van der Waals surface area contributed by atoms with Crippen LogP contribution in [0.2, 0.25) is 0 Å². The minimum absolute atomic E-state index is 0.0616. The molecule has 0 saturated carbocycles. The van der Waals surface area contributed by atoms with E-state index >= 15 is 0 Å². The molecular weight excluding hydrogens is 348 g/mol. The highest BCUT2D eigenvalue weighted by Crippen LogP contribution is 2.24. The van der Waals surface area contributed by atoms with Gasteiger partial charge in [-0.2, -0.15) is 0 Å². The van der Waals surface area contributed by atoms with Gasteiger partial charge in [-0.25, -0.2) is 8.42 Å². The Kier molecular flexibility index (Phi) is 5.90. The van der Waals surface area contributed by atoms with Crippen molar-refractivity contribution in [3.8, 4) is 0 Å². The highest BCUT2D eigenvalue weighted by molar-refractivity contribution is 7.92. The zero-order chi connectivity index (χ0) is 18.3. The highest BCUT2D eigenvalue weighted by atomic mass is 32.2. The van der Waals surface area contributed by atoms with Crippen molar-refractivity contribution < 1.29 is 22.9 Å². The fourth-order valence-corrected chi connectivity index (χ4v) is 3.02. The van der Waals surface area contributed by atoms with Crippen LogP contribution in [0.1, 0.15) is 0 Å². The average Bonchev–Trinajstić information content (AvgIpc) is 2.57. The number of nitrogens with zero attached hydrogens (tertiary/aromatic N) is 2. The number of nitrogens with one attached hydrogen (secondary N) is 2. The van der Waals surface area contributed by atoms with E-state index in [0.29, 0.717) is 0 Å². The molecule has 0 aliphatic carbocycles. The summed E-state index contributed by atoms with van der Waals surface area (Å²) in [6.07, 6.45) is 0. The largest absolute Gasteiger partial charge is 0.597 e. The van der Waals surface area contributed by atoms with E-state index in [2.05, 4.69) is 20.2 Å². The zero-order valence-electron chi connectivity index (χ0n) is 13.2. The minimum atomic E-state index is -3.82. The van der Waals surface area contributed by atoms with Crippen molar-refractivity contribution in [2.24, 2.45) is 5.28 Å². The van der Waals surface area contributed by atoms with Crippen molar-refractivity contribution in [1.29, 1.82) is 0 Å². The summed E-state index contributed by atoms with van der Waals surface area (Å²) in [7, 11) is -2.64. The molecule has 0 aliphatic heterocycles. The van der Waals surface area contributed by atoms with Gasteiger partial charge in [0.2, 0.25) is 0 Å². The lowest BCUT2D eigenvalue weighted by atomic mass is 10.2. The quantitative estimate of drug-likeness (QED) is 0.441. The summed E-state index contributed by atoms with van der Waals surface area (Å²) in [6, 6.07) is 14.0. The van der Waals surface area contributed by atoms with Gasteiger partial charge in [0.25, 0.3) is 22.5 Å². The van der Waals surface area contributed by atoms with E-state index in [4.69, 9.17) is 0 Å². The summed E-state index contributed by atoms with van der Waals surface area (Å²) >= 11 is 0. The molecule has 0 radical (unpaired) electrons. The van der Waals surface area contributed by atoms with Crippen molar-refractivity contribution in [2.75, 3.05) is 23.7 Å². The molecule has 0 bridgehead atoms. The average molecular weight is 364 g/mol. The predicted octanol–water partition coefficient (Wildman–Crippen LogP) is 1.95. The second-order valence-corrected chi connectivity index (χ2v) is 6.47. The van der Waals surface area contributed by atoms with Crippen LogP contribution < -0.4 is 10.0 Å². The first kappa shape index (κ1) is 18.2. The van der Waals surface area contributed by atoms with Gasteiger partial charge >= 0.3 is 0 Å². The van der Waals surface area contributed by atoms with E-state index in [9.17, 15) is 18.4 Å². The van der Waals surface area contributed by atoms with Crippen LogP contribution in [0.4, 0.5) is 11.4 Å². The number of carbonyl (C=O) groups excluding carboxylic acids is 1. The maximum Gasteiger partial charge on any atom is 0.294 e. The molecule has 0 unspecified atom stereocenters.